The van der Waals surface area contributed by atoms with Crippen LogP contribution >= 0.6 is 11.8 Å². The predicted octanol–water partition coefficient (Wildman–Crippen LogP) is 0.942. The summed E-state index contributed by atoms with van der Waals surface area (Å²) in [7, 11) is 1.65. The van der Waals surface area contributed by atoms with E-state index in [1.165, 1.54) is 0 Å². The number of nitrogens with one attached hydrogen (secondary N) is 1. The van der Waals surface area contributed by atoms with Gasteiger partial charge in [-0.2, -0.15) is 11.8 Å². The Morgan fingerprint density at radius 3 is 2.40 bits per heavy atom. The first-order valence-corrected chi connectivity index (χ1v) is 6.10. The van der Waals surface area contributed by atoms with Gasteiger partial charge in [0.05, 0.1) is 6.10 Å². The van der Waals surface area contributed by atoms with Gasteiger partial charge in [0, 0.05) is 5.25 Å². The Morgan fingerprint density at radius 2 is 2.07 bits per heavy atom. The molecule has 0 radical (unpaired) electrons. The Bertz CT molecular complexity index is 211. The SMILES string of the molecule is CNC(C)(CCSC(C)C(C)O)C(=O)O. The number of carbonyl (C=O) groups is 1. The smallest absolute Gasteiger partial charge is 0.323 e. The Balaban J connectivity index is 3.98. The molecule has 3 unspecified atom stereocenters. The Morgan fingerprint density at radius 1 is 1.53 bits per heavy atom. The molecular weight excluding hydrogens is 214 g/mol. The number of aliphatic carboxylic acids is 1. The second kappa shape index (κ2) is 6.35. The molecule has 0 amide bonds. The molecule has 0 aromatic heterocycles. The number of hydrogen-bond donors (Lipinski definition) is 3. The molecule has 0 rings (SSSR count). The summed E-state index contributed by atoms with van der Waals surface area (Å²) in [5.74, 6) is -0.120. The van der Waals surface area contributed by atoms with Crippen molar-refractivity contribution in [3.8, 4) is 0 Å². The molecule has 90 valence electrons. The lowest BCUT2D eigenvalue weighted by Gasteiger charge is -2.24. The molecule has 0 aliphatic heterocycles. The highest BCUT2D eigenvalue weighted by molar-refractivity contribution is 7.99. The third-order valence-corrected chi connectivity index (χ3v) is 4.05. The van der Waals surface area contributed by atoms with Gasteiger partial charge in [-0.3, -0.25) is 4.79 Å². The normalized spacial score (nSPS) is 19.3. The lowest BCUT2D eigenvalue weighted by atomic mass is 10.00. The van der Waals surface area contributed by atoms with Crippen molar-refractivity contribution in [3.63, 3.8) is 0 Å². The van der Waals surface area contributed by atoms with E-state index in [1.54, 1.807) is 32.7 Å². The molecule has 0 aliphatic carbocycles. The molecule has 4 nitrogen and oxygen atoms in total. The second-order valence-electron chi connectivity index (χ2n) is 3.95. The van der Waals surface area contributed by atoms with Gasteiger partial charge in [-0.15, -0.1) is 0 Å². The molecule has 0 heterocycles. The molecule has 0 saturated heterocycles. The number of hydrogen-bond acceptors (Lipinski definition) is 4. The van der Waals surface area contributed by atoms with Gasteiger partial charge in [-0.1, -0.05) is 6.92 Å². The van der Waals surface area contributed by atoms with E-state index in [4.69, 9.17) is 5.11 Å². The zero-order valence-corrected chi connectivity index (χ0v) is 10.6. The van der Waals surface area contributed by atoms with Crippen molar-refractivity contribution >= 4 is 17.7 Å². The number of carboxylic acid groups (broad SMARTS) is 1. The second-order valence-corrected chi connectivity index (χ2v) is 5.44. The highest BCUT2D eigenvalue weighted by atomic mass is 32.2. The maximum Gasteiger partial charge on any atom is 0.323 e. The monoisotopic (exact) mass is 235 g/mol. The van der Waals surface area contributed by atoms with E-state index in [-0.39, 0.29) is 11.4 Å². The van der Waals surface area contributed by atoms with Crippen LogP contribution in [0.2, 0.25) is 0 Å². The number of carboxylic acids is 1. The summed E-state index contributed by atoms with van der Waals surface area (Å²) in [5.41, 5.74) is -0.870. The molecule has 0 aromatic carbocycles. The van der Waals surface area contributed by atoms with Crippen molar-refractivity contribution in [3.05, 3.63) is 0 Å². The van der Waals surface area contributed by atoms with E-state index in [2.05, 4.69) is 5.32 Å². The van der Waals surface area contributed by atoms with E-state index in [0.717, 1.165) is 5.75 Å². The maximum atomic E-state index is 10.9. The van der Waals surface area contributed by atoms with Crippen LogP contribution in [0.5, 0.6) is 0 Å². The summed E-state index contributed by atoms with van der Waals surface area (Å²) >= 11 is 1.59. The summed E-state index contributed by atoms with van der Waals surface area (Å²) in [6.07, 6.45) is 0.182. The minimum absolute atomic E-state index is 0.139. The molecule has 0 saturated carbocycles. The molecule has 0 aromatic rings. The maximum absolute atomic E-state index is 10.9. The van der Waals surface area contributed by atoms with Crippen molar-refractivity contribution in [2.45, 2.75) is 44.1 Å². The number of likely N-dealkylation sites (N-methyl/N-ethyl adjacent to an activating group) is 1. The number of aliphatic hydroxyl groups excluding tert-OH is 1. The van der Waals surface area contributed by atoms with E-state index >= 15 is 0 Å². The lowest BCUT2D eigenvalue weighted by molar-refractivity contribution is -0.144. The van der Waals surface area contributed by atoms with Crippen molar-refractivity contribution in [1.29, 1.82) is 0 Å². The van der Waals surface area contributed by atoms with Gasteiger partial charge in [-0.25, -0.2) is 0 Å². The number of rotatable bonds is 7. The fourth-order valence-electron chi connectivity index (χ4n) is 0.927. The molecule has 3 N–H and O–H groups in total. The molecular formula is C10H21NO3S. The molecule has 15 heavy (non-hydrogen) atoms. The van der Waals surface area contributed by atoms with Crippen molar-refractivity contribution in [1.82, 2.24) is 5.32 Å². The average molecular weight is 235 g/mol. The van der Waals surface area contributed by atoms with E-state index < -0.39 is 11.5 Å². The standard InChI is InChI=1S/C10H21NO3S/c1-7(12)8(2)15-6-5-10(3,11-4)9(13)14/h7-8,11-12H,5-6H2,1-4H3,(H,13,14). The zero-order chi connectivity index (χ0) is 12.1. The summed E-state index contributed by atoms with van der Waals surface area (Å²) in [6, 6.07) is 0. The van der Waals surface area contributed by atoms with Gasteiger partial charge < -0.3 is 15.5 Å². The van der Waals surface area contributed by atoms with E-state index in [0.29, 0.717) is 6.42 Å². The van der Waals surface area contributed by atoms with E-state index in [9.17, 15) is 9.90 Å². The van der Waals surface area contributed by atoms with Crippen LogP contribution < -0.4 is 5.32 Å². The van der Waals surface area contributed by atoms with Gasteiger partial charge in [0.2, 0.25) is 0 Å². The van der Waals surface area contributed by atoms with Gasteiger partial charge in [-0.05, 0) is 33.1 Å². The number of thioether (sulfide) groups is 1. The fourth-order valence-corrected chi connectivity index (χ4v) is 2.10. The van der Waals surface area contributed by atoms with Crippen LogP contribution in [0.15, 0.2) is 0 Å². The Labute approximate surface area is 95.4 Å². The summed E-state index contributed by atoms with van der Waals surface area (Å²) < 4.78 is 0. The third kappa shape index (κ3) is 4.86. The molecule has 0 aliphatic rings. The van der Waals surface area contributed by atoms with Crippen molar-refractivity contribution < 1.29 is 15.0 Å². The highest BCUT2D eigenvalue weighted by Gasteiger charge is 2.30. The quantitative estimate of drug-likeness (QED) is 0.613. The first-order chi connectivity index (χ1) is 6.83. The first kappa shape index (κ1) is 14.7. The van der Waals surface area contributed by atoms with E-state index in [1.807, 2.05) is 6.92 Å². The average Bonchev–Trinajstić information content (AvgIpc) is 2.16. The van der Waals surface area contributed by atoms with Crippen LogP contribution in [-0.4, -0.2) is 45.9 Å². The zero-order valence-electron chi connectivity index (χ0n) is 9.78. The highest BCUT2D eigenvalue weighted by Crippen LogP contribution is 2.19. The lowest BCUT2D eigenvalue weighted by Crippen LogP contribution is -2.48. The molecule has 3 atom stereocenters. The summed E-state index contributed by atoms with van der Waals surface area (Å²) in [4.78, 5) is 10.9. The third-order valence-electron chi connectivity index (χ3n) is 2.69. The number of aliphatic hydroxyl groups is 1. The van der Waals surface area contributed by atoms with Crippen LogP contribution in [0, 0.1) is 0 Å². The minimum Gasteiger partial charge on any atom is -0.480 e. The van der Waals surface area contributed by atoms with Gasteiger partial charge in [0.1, 0.15) is 5.54 Å². The Hall–Kier alpha value is -0.260. The molecule has 0 fully saturated rings. The van der Waals surface area contributed by atoms with Crippen LogP contribution in [0.4, 0.5) is 0 Å². The van der Waals surface area contributed by atoms with Gasteiger partial charge in [0.25, 0.3) is 0 Å². The van der Waals surface area contributed by atoms with Crippen LogP contribution in [0.3, 0.4) is 0 Å². The summed E-state index contributed by atoms with van der Waals surface area (Å²) in [5, 5.41) is 21.2. The minimum atomic E-state index is -0.870. The van der Waals surface area contributed by atoms with Crippen LogP contribution in [-0.2, 0) is 4.79 Å². The molecule has 5 heteroatoms. The predicted molar refractivity (Wildman–Crippen MR) is 63.3 cm³/mol. The molecule has 0 bridgehead atoms. The molecule has 0 spiro atoms. The van der Waals surface area contributed by atoms with Crippen molar-refractivity contribution in [2.75, 3.05) is 12.8 Å². The largest absolute Gasteiger partial charge is 0.480 e. The first-order valence-electron chi connectivity index (χ1n) is 5.05. The summed E-state index contributed by atoms with van der Waals surface area (Å²) in [6.45, 7) is 5.35. The van der Waals surface area contributed by atoms with Crippen LogP contribution in [0.1, 0.15) is 27.2 Å². The fraction of sp³-hybridized carbons (Fsp3) is 0.900. The van der Waals surface area contributed by atoms with Crippen LogP contribution in [0.25, 0.3) is 0 Å². The van der Waals surface area contributed by atoms with Gasteiger partial charge >= 0.3 is 5.97 Å². The van der Waals surface area contributed by atoms with Crippen molar-refractivity contribution in [2.24, 2.45) is 0 Å². The topological polar surface area (TPSA) is 69.6 Å². The van der Waals surface area contributed by atoms with Gasteiger partial charge in [0.15, 0.2) is 0 Å². The Kier molecular flexibility index (Phi) is 6.24.